The third-order valence-corrected chi connectivity index (χ3v) is 3.74. The third-order valence-electron chi connectivity index (χ3n) is 3.74. The minimum absolute atomic E-state index is 0.352. The molecular formula is C14H29NO. The smallest absolute Gasteiger partial charge is 0.0431 e. The molecule has 96 valence electrons. The van der Waals surface area contributed by atoms with E-state index in [1.807, 2.05) is 0 Å². The van der Waals surface area contributed by atoms with Gasteiger partial charge in [0, 0.05) is 6.61 Å². The minimum atomic E-state index is 0.352. The number of rotatable bonds is 7. The first-order valence-electron chi connectivity index (χ1n) is 7.05. The van der Waals surface area contributed by atoms with Crippen molar-refractivity contribution in [3.63, 3.8) is 0 Å². The fourth-order valence-electron chi connectivity index (χ4n) is 2.51. The monoisotopic (exact) mass is 227 g/mol. The van der Waals surface area contributed by atoms with E-state index in [4.69, 9.17) is 5.11 Å². The average Bonchev–Trinajstić information content (AvgIpc) is 2.28. The van der Waals surface area contributed by atoms with Crippen molar-refractivity contribution in [3.8, 4) is 0 Å². The van der Waals surface area contributed by atoms with Crippen LogP contribution in [-0.4, -0.2) is 36.2 Å². The summed E-state index contributed by atoms with van der Waals surface area (Å²) in [5.41, 5.74) is 0. The fourth-order valence-corrected chi connectivity index (χ4v) is 2.51. The Labute approximate surface area is 101 Å². The summed E-state index contributed by atoms with van der Waals surface area (Å²) in [7, 11) is 0. The molecule has 0 amide bonds. The number of hydrogen-bond donors (Lipinski definition) is 1. The molecule has 0 unspecified atom stereocenters. The molecule has 16 heavy (non-hydrogen) atoms. The van der Waals surface area contributed by atoms with E-state index in [0.717, 1.165) is 24.7 Å². The number of hydrogen-bond acceptors (Lipinski definition) is 2. The van der Waals surface area contributed by atoms with Crippen LogP contribution < -0.4 is 0 Å². The molecule has 1 aliphatic rings. The second-order valence-electron chi connectivity index (χ2n) is 5.69. The highest BCUT2D eigenvalue weighted by atomic mass is 16.2. The van der Waals surface area contributed by atoms with Crippen LogP contribution in [0.1, 0.15) is 52.4 Å². The quantitative estimate of drug-likeness (QED) is 0.676. The fraction of sp³-hybridized carbons (Fsp3) is 1.00. The van der Waals surface area contributed by atoms with Gasteiger partial charge in [-0.3, -0.25) is 0 Å². The molecule has 0 saturated carbocycles. The molecule has 1 heterocycles. The Morgan fingerprint density at radius 2 is 1.88 bits per heavy atom. The van der Waals surface area contributed by atoms with Gasteiger partial charge in [-0.15, -0.1) is 0 Å². The Bertz CT molecular complexity index is 162. The van der Waals surface area contributed by atoms with Gasteiger partial charge in [0.1, 0.15) is 0 Å². The van der Waals surface area contributed by atoms with Gasteiger partial charge in [-0.2, -0.15) is 0 Å². The largest absolute Gasteiger partial charge is 0.396 e. The maximum absolute atomic E-state index is 8.74. The molecule has 0 atom stereocenters. The summed E-state index contributed by atoms with van der Waals surface area (Å²) in [5.74, 6) is 1.85. The number of aliphatic hydroxyl groups is 1. The highest BCUT2D eigenvalue weighted by Gasteiger charge is 2.18. The Morgan fingerprint density at radius 1 is 1.19 bits per heavy atom. The predicted molar refractivity (Wildman–Crippen MR) is 69.6 cm³/mol. The molecule has 0 aromatic heterocycles. The molecule has 0 radical (unpaired) electrons. The van der Waals surface area contributed by atoms with Crippen molar-refractivity contribution in [3.05, 3.63) is 0 Å². The van der Waals surface area contributed by atoms with Crippen molar-refractivity contribution in [2.45, 2.75) is 52.4 Å². The van der Waals surface area contributed by atoms with Crippen molar-refractivity contribution in [1.82, 2.24) is 4.90 Å². The van der Waals surface area contributed by atoms with E-state index in [0.29, 0.717) is 6.61 Å². The van der Waals surface area contributed by atoms with Crippen molar-refractivity contribution >= 4 is 0 Å². The molecule has 0 bridgehead atoms. The van der Waals surface area contributed by atoms with Crippen LogP contribution in [0.4, 0.5) is 0 Å². The van der Waals surface area contributed by atoms with Gasteiger partial charge in [0.25, 0.3) is 0 Å². The van der Waals surface area contributed by atoms with Gasteiger partial charge in [-0.1, -0.05) is 26.7 Å². The first-order chi connectivity index (χ1) is 7.72. The van der Waals surface area contributed by atoms with Gasteiger partial charge in [0.05, 0.1) is 0 Å². The summed E-state index contributed by atoms with van der Waals surface area (Å²) in [5, 5.41) is 8.74. The Kier molecular flexibility index (Phi) is 7.06. The van der Waals surface area contributed by atoms with E-state index < -0.39 is 0 Å². The molecule has 1 aliphatic heterocycles. The molecular weight excluding hydrogens is 198 g/mol. The zero-order valence-electron chi connectivity index (χ0n) is 11.1. The number of nitrogens with zero attached hydrogens (tertiary/aromatic N) is 1. The van der Waals surface area contributed by atoms with E-state index >= 15 is 0 Å². The van der Waals surface area contributed by atoms with Crippen LogP contribution in [0.15, 0.2) is 0 Å². The van der Waals surface area contributed by atoms with Crippen LogP contribution in [0.5, 0.6) is 0 Å². The maximum atomic E-state index is 8.74. The lowest BCUT2D eigenvalue weighted by Crippen LogP contribution is -2.34. The van der Waals surface area contributed by atoms with Gasteiger partial charge >= 0.3 is 0 Å². The first-order valence-corrected chi connectivity index (χ1v) is 7.05. The molecule has 0 spiro atoms. The number of unbranched alkanes of at least 4 members (excludes halogenated alkanes) is 1. The normalized spacial score (nSPS) is 19.5. The summed E-state index contributed by atoms with van der Waals surface area (Å²) in [6.45, 7) is 8.76. The molecule has 0 aromatic carbocycles. The molecule has 1 saturated heterocycles. The second-order valence-corrected chi connectivity index (χ2v) is 5.69. The highest BCUT2D eigenvalue weighted by Crippen LogP contribution is 2.23. The molecule has 1 fully saturated rings. The molecule has 1 rings (SSSR count). The van der Waals surface area contributed by atoms with Crippen LogP contribution in [0.3, 0.4) is 0 Å². The summed E-state index contributed by atoms with van der Waals surface area (Å²) in [6.07, 6.45) is 7.75. The summed E-state index contributed by atoms with van der Waals surface area (Å²) in [4.78, 5) is 2.57. The van der Waals surface area contributed by atoms with Gasteiger partial charge in [0.15, 0.2) is 0 Å². The molecule has 0 aromatic rings. The minimum Gasteiger partial charge on any atom is -0.396 e. The Balaban J connectivity index is 2.04. The predicted octanol–water partition coefficient (Wildman–Crippen LogP) is 2.91. The van der Waals surface area contributed by atoms with Crippen molar-refractivity contribution in [1.29, 1.82) is 0 Å². The molecule has 2 nitrogen and oxygen atoms in total. The number of likely N-dealkylation sites (tertiary alicyclic amines) is 1. The van der Waals surface area contributed by atoms with E-state index in [1.165, 1.54) is 45.3 Å². The van der Waals surface area contributed by atoms with Crippen LogP contribution in [-0.2, 0) is 0 Å². The zero-order valence-corrected chi connectivity index (χ0v) is 11.1. The Morgan fingerprint density at radius 3 is 2.44 bits per heavy atom. The lowest BCUT2D eigenvalue weighted by Gasteiger charge is -2.32. The molecule has 2 heteroatoms. The lowest BCUT2D eigenvalue weighted by molar-refractivity contribution is 0.168. The third kappa shape index (κ3) is 5.86. The van der Waals surface area contributed by atoms with E-state index in [-0.39, 0.29) is 0 Å². The SMILES string of the molecule is CC(C)CCC1CCN(CCCCO)CC1. The topological polar surface area (TPSA) is 23.5 Å². The summed E-state index contributed by atoms with van der Waals surface area (Å²) < 4.78 is 0. The van der Waals surface area contributed by atoms with Gasteiger partial charge < -0.3 is 10.0 Å². The summed E-state index contributed by atoms with van der Waals surface area (Å²) >= 11 is 0. The van der Waals surface area contributed by atoms with Crippen molar-refractivity contribution in [2.75, 3.05) is 26.2 Å². The number of piperidine rings is 1. The Hall–Kier alpha value is -0.0800. The standard InChI is InChI=1S/C14H29NO/c1-13(2)5-6-14-7-10-15(11-8-14)9-3-4-12-16/h13-14,16H,3-12H2,1-2H3. The zero-order chi connectivity index (χ0) is 11.8. The van der Waals surface area contributed by atoms with Gasteiger partial charge in [-0.25, -0.2) is 0 Å². The van der Waals surface area contributed by atoms with Crippen LogP contribution in [0, 0.1) is 11.8 Å². The highest BCUT2D eigenvalue weighted by molar-refractivity contribution is 4.72. The first kappa shape index (κ1) is 14.0. The van der Waals surface area contributed by atoms with Crippen molar-refractivity contribution < 1.29 is 5.11 Å². The molecule has 1 N–H and O–H groups in total. The van der Waals surface area contributed by atoms with Gasteiger partial charge in [0.2, 0.25) is 0 Å². The number of aliphatic hydroxyl groups excluding tert-OH is 1. The van der Waals surface area contributed by atoms with Crippen LogP contribution in [0.25, 0.3) is 0 Å². The second kappa shape index (κ2) is 8.08. The van der Waals surface area contributed by atoms with Crippen LogP contribution >= 0.6 is 0 Å². The maximum Gasteiger partial charge on any atom is 0.0431 e. The summed E-state index contributed by atoms with van der Waals surface area (Å²) in [6, 6.07) is 0. The van der Waals surface area contributed by atoms with Gasteiger partial charge in [-0.05, 0) is 57.2 Å². The lowest BCUT2D eigenvalue weighted by atomic mass is 9.89. The van der Waals surface area contributed by atoms with E-state index in [2.05, 4.69) is 18.7 Å². The molecule has 0 aliphatic carbocycles. The van der Waals surface area contributed by atoms with Crippen LogP contribution in [0.2, 0.25) is 0 Å². The van der Waals surface area contributed by atoms with Crippen molar-refractivity contribution in [2.24, 2.45) is 11.8 Å². The van der Waals surface area contributed by atoms with E-state index in [1.54, 1.807) is 0 Å². The van der Waals surface area contributed by atoms with E-state index in [9.17, 15) is 0 Å². The average molecular weight is 227 g/mol.